The zero-order chi connectivity index (χ0) is 13.8. The highest BCUT2D eigenvalue weighted by atomic mass is 16.3. The molecule has 0 saturated heterocycles. The number of hydrogen-bond acceptors (Lipinski definition) is 6. The van der Waals surface area contributed by atoms with Gasteiger partial charge in [0, 0.05) is 6.04 Å². The van der Waals surface area contributed by atoms with Gasteiger partial charge in [-0.2, -0.15) is 4.98 Å². The van der Waals surface area contributed by atoms with E-state index in [0.717, 1.165) is 0 Å². The Hall–Kier alpha value is -2.29. The third-order valence-corrected chi connectivity index (χ3v) is 2.46. The molecule has 2 aromatic heterocycles. The minimum absolute atomic E-state index is 0.0153. The summed E-state index contributed by atoms with van der Waals surface area (Å²) in [5.74, 6) is 0.197. The van der Waals surface area contributed by atoms with Crippen molar-refractivity contribution in [2.24, 2.45) is 10.3 Å². The molecule has 0 radical (unpaired) electrons. The average Bonchev–Trinajstić information content (AvgIpc) is 2.78. The van der Waals surface area contributed by atoms with Gasteiger partial charge in [0.1, 0.15) is 0 Å². The highest BCUT2D eigenvalue weighted by molar-refractivity contribution is 5.70. The average molecular weight is 265 g/mol. The predicted octanol–water partition coefficient (Wildman–Crippen LogP) is 0.348. The first-order chi connectivity index (χ1) is 9.11. The largest absolute Gasteiger partial charge is 0.394 e. The molecule has 0 unspecified atom stereocenters. The zero-order valence-corrected chi connectivity index (χ0v) is 10.7. The van der Waals surface area contributed by atoms with E-state index in [0.29, 0.717) is 6.54 Å². The van der Waals surface area contributed by atoms with Crippen LogP contribution < -0.4 is 5.56 Å². The normalized spacial score (nSPS) is 11.8. The molecule has 0 fully saturated rings. The molecule has 3 N–H and O–H groups in total. The molecular formula is C10H15N7O2. The molecule has 19 heavy (non-hydrogen) atoms. The standard InChI is InChI=1S/C10H15N7O2/c1-6(2)17(3-4-18)16-15-10-13-7-8(14-10)11-5-12-9(7)19/h5-6,18H,3-4H2,1-2H3,(H2,11,12,13,14,19)/b16-15+. The Morgan fingerprint density at radius 3 is 2.95 bits per heavy atom. The molecule has 0 aliphatic rings. The number of aliphatic hydroxyl groups excluding tert-OH is 1. The van der Waals surface area contributed by atoms with E-state index in [1.807, 2.05) is 13.8 Å². The van der Waals surface area contributed by atoms with Crippen molar-refractivity contribution in [3.05, 3.63) is 16.7 Å². The summed E-state index contributed by atoms with van der Waals surface area (Å²) >= 11 is 0. The minimum Gasteiger partial charge on any atom is -0.394 e. The van der Waals surface area contributed by atoms with Crippen LogP contribution in [-0.2, 0) is 0 Å². The number of nitrogens with zero attached hydrogens (tertiary/aromatic N) is 5. The molecule has 0 amide bonds. The van der Waals surface area contributed by atoms with E-state index in [9.17, 15) is 4.79 Å². The fourth-order valence-electron chi connectivity index (χ4n) is 1.48. The van der Waals surface area contributed by atoms with Crippen LogP contribution in [0.3, 0.4) is 0 Å². The van der Waals surface area contributed by atoms with Gasteiger partial charge >= 0.3 is 0 Å². The number of aromatic amines is 2. The summed E-state index contributed by atoms with van der Waals surface area (Å²) in [6, 6.07) is 0.0989. The second kappa shape index (κ2) is 5.57. The van der Waals surface area contributed by atoms with Crippen LogP contribution in [0.5, 0.6) is 0 Å². The summed E-state index contributed by atoms with van der Waals surface area (Å²) in [6.07, 6.45) is 1.28. The zero-order valence-electron chi connectivity index (χ0n) is 10.7. The van der Waals surface area contributed by atoms with Gasteiger partial charge in [0.15, 0.2) is 11.2 Å². The Morgan fingerprint density at radius 2 is 2.32 bits per heavy atom. The van der Waals surface area contributed by atoms with E-state index in [1.165, 1.54) is 6.33 Å². The van der Waals surface area contributed by atoms with E-state index in [2.05, 4.69) is 30.3 Å². The second-order valence-corrected chi connectivity index (χ2v) is 4.16. The van der Waals surface area contributed by atoms with Crippen LogP contribution in [0, 0.1) is 0 Å². The molecule has 9 heteroatoms. The van der Waals surface area contributed by atoms with Crippen LogP contribution in [0.15, 0.2) is 21.5 Å². The molecule has 0 aliphatic carbocycles. The van der Waals surface area contributed by atoms with Crippen molar-refractivity contribution in [2.75, 3.05) is 13.2 Å². The van der Waals surface area contributed by atoms with Gasteiger partial charge in [0.2, 0.25) is 0 Å². The lowest BCUT2D eigenvalue weighted by Crippen LogP contribution is -2.27. The first kappa shape index (κ1) is 13.1. The van der Waals surface area contributed by atoms with Crippen molar-refractivity contribution in [3.8, 4) is 0 Å². The summed E-state index contributed by atoms with van der Waals surface area (Å²) in [7, 11) is 0. The van der Waals surface area contributed by atoms with Crippen molar-refractivity contribution >= 4 is 17.1 Å². The van der Waals surface area contributed by atoms with Gasteiger partial charge in [-0.05, 0) is 13.8 Å². The smallest absolute Gasteiger partial charge is 0.276 e. The fraction of sp³-hybridized carbons (Fsp3) is 0.500. The molecule has 2 heterocycles. The Labute approximate surface area is 108 Å². The summed E-state index contributed by atoms with van der Waals surface area (Å²) in [5, 5.41) is 18.4. The number of imidazole rings is 1. The lowest BCUT2D eigenvalue weighted by molar-refractivity contribution is 0.161. The summed E-state index contributed by atoms with van der Waals surface area (Å²) in [4.78, 5) is 24.6. The molecule has 0 aromatic carbocycles. The van der Waals surface area contributed by atoms with E-state index in [4.69, 9.17) is 5.11 Å². The highest BCUT2D eigenvalue weighted by Crippen LogP contribution is 2.11. The Balaban J connectivity index is 2.25. The quantitative estimate of drug-likeness (QED) is 0.531. The summed E-state index contributed by atoms with van der Waals surface area (Å²) in [5.41, 5.74) is 0.237. The van der Waals surface area contributed by atoms with Crippen molar-refractivity contribution in [1.29, 1.82) is 0 Å². The summed E-state index contributed by atoms with van der Waals surface area (Å²) < 4.78 is 0. The van der Waals surface area contributed by atoms with Crippen LogP contribution in [-0.4, -0.2) is 49.2 Å². The van der Waals surface area contributed by atoms with Gasteiger partial charge < -0.3 is 15.1 Å². The Kier molecular flexibility index (Phi) is 3.85. The molecule has 0 saturated carbocycles. The van der Waals surface area contributed by atoms with E-state index in [-0.39, 0.29) is 35.3 Å². The highest BCUT2D eigenvalue weighted by Gasteiger charge is 2.08. The number of aliphatic hydroxyl groups is 1. The molecular weight excluding hydrogens is 250 g/mol. The maximum absolute atomic E-state index is 11.5. The van der Waals surface area contributed by atoms with Crippen LogP contribution in [0.25, 0.3) is 11.2 Å². The lowest BCUT2D eigenvalue weighted by Gasteiger charge is -2.19. The molecule has 2 aromatic rings. The fourth-order valence-corrected chi connectivity index (χ4v) is 1.48. The van der Waals surface area contributed by atoms with Crippen molar-refractivity contribution < 1.29 is 5.11 Å². The molecule has 0 aliphatic heterocycles. The second-order valence-electron chi connectivity index (χ2n) is 4.16. The van der Waals surface area contributed by atoms with Gasteiger partial charge in [0.05, 0.1) is 19.5 Å². The SMILES string of the molecule is CC(C)N(CCO)/N=N/c1nc2nc[nH]c(=O)c2[nH]1. The Bertz CT molecular complexity index is 630. The monoisotopic (exact) mass is 265 g/mol. The van der Waals surface area contributed by atoms with Gasteiger partial charge in [-0.1, -0.05) is 10.3 Å². The third kappa shape index (κ3) is 2.94. The van der Waals surface area contributed by atoms with E-state index >= 15 is 0 Å². The van der Waals surface area contributed by atoms with Crippen LogP contribution >= 0.6 is 0 Å². The third-order valence-electron chi connectivity index (χ3n) is 2.46. The maximum atomic E-state index is 11.5. The van der Waals surface area contributed by atoms with Gasteiger partial charge in [-0.25, -0.2) is 4.98 Å². The number of rotatable bonds is 5. The van der Waals surface area contributed by atoms with Crippen molar-refractivity contribution in [1.82, 2.24) is 24.9 Å². The van der Waals surface area contributed by atoms with Crippen molar-refractivity contribution in [2.45, 2.75) is 19.9 Å². The first-order valence-corrected chi connectivity index (χ1v) is 5.84. The number of aromatic nitrogens is 4. The van der Waals surface area contributed by atoms with Gasteiger partial charge in [-0.15, -0.1) is 0 Å². The lowest BCUT2D eigenvalue weighted by atomic mass is 10.4. The van der Waals surface area contributed by atoms with Gasteiger partial charge in [0.25, 0.3) is 11.5 Å². The molecule has 0 bridgehead atoms. The predicted molar refractivity (Wildman–Crippen MR) is 68.0 cm³/mol. The summed E-state index contributed by atoms with van der Waals surface area (Å²) in [6.45, 7) is 4.22. The van der Waals surface area contributed by atoms with E-state index < -0.39 is 0 Å². The minimum atomic E-state index is -0.310. The van der Waals surface area contributed by atoms with Crippen LogP contribution in [0.2, 0.25) is 0 Å². The van der Waals surface area contributed by atoms with E-state index in [1.54, 1.807) is 5.01 Å². The Morgan fingerprint density at radius 1 is 1.53 bits per heavy atom. The molecule has 2 rings (SSSR count). The number of H-pyrrole nitrogens is 2. The molecule has 0 atom stereocenters. The number of nitrogens with one attached hydrogen (secondary N) is 2. The van der Waals surface area contributed by atoms with Crippen LogP contribution in [0.4, 0.5) is 5.95 Å². The molecule has 102 valence electrons. The molecule has 0 spiro atoms. The topological polar surface area (TPSA) is 123 Å². The van der Waals surface area contributed by atoms with Crippen molar-refractivity contribution in [3.63, 3.8) is 0 Å². The number of fused-ring (bicyclic) bond motifs is 1. The molecule has 9 nitrogen and oxygen atoms in total. The maximum Gasteiger partial charge on any atom is 0.276 e. The van der Waals surface area contributed by atoms with Crippen LogP contribution in [0.1, 0.15) is 13.8 Å². The van der Waals surface area contributed by atoms with Gasteiger partial charge in [-0.3, -0.25) is 9.80 Å². The number of hydrogen-bond donors (Lipinski definition) is 3. The first-order valence-electron chi connectivity index (χ1n) is 5.84.